The highest BCUT2D eigenvalue weighted by atomic mass is 32.1. The van der Waals surface area contributed by atoms with Gasteiger partial charge in [0.15, 0.2) is 0 Å². The lowest BCUT2D eigenvalue weighted by Gasteiger charge is -2.27. The molecule has 3 heteroatoms. The topological polar surface area (TPSA) is 8.17 Å². The van der Waals surface area contributed by atoms with Gasteiger partial charge >= 0.3 is 0 Å². The van der Waals surface area contributed by atoms with Crippen molar-refractivity contribution in [1.82, 2.24) is 4.57 Å². The second-order valence-electron chi connectivity index (χ2n) is 16.0. The summed E-state index contributed by atoms with van der Waals surface area (Å²) in [6.45, 7) is 0. The van der Waals surface area contributed by atoms with Crippen molar-refractivity contribution >= 4 is 113 Å². The van der Waals surface area contributed by atoms with E-state index in [0.29, 0.717) is 0 Å². The van der Waals surface area contributed by atoms with Gasteiger partial charge in [-0.1, -0.05) is 158 Å². The van der Waals surface area contributed by atoms with Gasteiger partial charge in [-0.15, -0.1) is 11.3 Å². The summed E-state index contributed by atoms with van der Waals surface area (Å²) in [7, 11) is 0. The summed E-state index contributed by atoms with van der Waals surface area (Å²) in [4.78, 5) is 2.47. The van der Waals surface area contributed by atoms with Gasteiger partial charge in [0, 0.05) is 47.9 Å². The molecule has 11 aromatic carbocycles. The summed E-state index contributed by atoms with van der Waals surface area (Å²) in [5, 5.41) is 15.2. The molecule has 0 atom stereocenters. The van der Waals surface area contributed by atoms with Crippen molar-refractivity contribution in [3.8, 4) is 16.8 Å². The van der Waals surface area contributed by atoms with Crippen molar-refractivity contribution in [3.05, 3.63) is 218 Å². The lowest BCUT2D eigenvalue weighted by molar-refractivity contribution is 1.18. The number of thiophene rings is 1. The molecular weight excluding hydrogens is 757 g/mol. The Morgan fingerprint density at radius 2 is 0.934 bits per heavy atom. The highest BCUT2D eigenvalue weighted by Gasteiger charge is 2.21. The van der Waals surface area contributed by atoms with Crippen molar-refractivity contribution in [1.29, 1.82) is 0 Å². The lowest BCUT2D eigenvalue weighted by Crippen LogP contribution is -2.10. The molecular formula is C58H36N2S. The molecule has 0 aliphatic heterocycles. The molecule has 2 nitrogen and oxygen atoms in total. The highest BCUT2D eigenvalue weighted by molar-refractivity contribution is 7.26. The van der Waals surface area contributed by atoms with Crippen LogP contribution in [0.1, 0.15) is 0 Å². The molecule has 284 valence electrons. The number of hydrogen-bond acceptors (Lipinski definition) is 2. The Morgan fingerprint density at radius 1 is 0.344 bits per heavy atom. The monoisotopic (exact) mass is 792 g/mol. The Morgan fingerprint density at radius 3 is 1.75 bits per heavy atom. The predicted molar refractivity (Wildman–Crippen MR) is 264 cm³/mol. The zero-order valence-corrected chi connectivity index (χ0v) is 33.9. The van der Waals surface area contributed by atoms with Crippen molar-refractivity contribution < 1.29 is 0 Å². The maximum absolute atomic E-state index is 2.47. The van der Waals surface area contributed by atoms with E-state index in [1.807, 2.05) is 11.3 Å². The average Bonchev–Trinajstić information content (AvgIpc) is 3.88. The van der Waals surface area contributed by atoms with E-state index in [-0.39, 0.29) is 0 Å². The first kappa shape index (κ1) is 34.2. The van der Waals surface area contributed by atoms with E-state index in [1.54, 1.807) is 0 Å². The van der Waals surface area contributed by atoms with Gasteiger partial charge in [0.2, 0.25) is 0 Å². The van der Waals surface area contributed by atoms with Crippen LogP contribution in [0.2, 0.25) is 0 Å². The van der Waals surface area contributed by atoms with E-state index in [2.05, 4.69) is 228 Å². The van der Waals surface area contributed by atoms with E-state index in [9.17, 15) is 0 Å². The number of benzene rings is 11. The van der Waals surface area contributed by atoms with E-state index in [4.69, 9.17) is 0 Å². The fourth-order valence-electron chi connectivity index (χ4n) is 10.0. The molecule has 2 heterocycles. The van der Waals surface area contributed by atoms with Gasteiger partial charge in [-0.25, -0.2) is 0 Å². The number of anilines is 3. The van der Waals surface area contributed by atoms with Crippen molar-refractivity contribution in [2.24, 2.45) is 0 Å². The molecule has 0 N–H and O–H groups in total. The summed E-state index contributed by atoms with van der Waals surface area (Å²) in [6, 6.07) is 80.6. The molecule has 0 unspecified atom stereocenters. The van der Waals surface area contributed by atoms with E-state index < -0.39 is 0 Å². The van der Waals surface area contributed by atoms with Gasteiger partial charge in [-0.2, -0.15) is 0 Å². The number of para-hydroxylation sites is 2. The fraction of sp³-hybridized carbons (Fsp3) is 0. The first-order chi connectivity index (χ1) is 30.3. The molecule has 0 aliphatic carbocycles. The zero-order chi connectivity index (χ0) is 40.0. The molecule has 0 radical (unpaired) electrons. The van der Waals surface area contributed by atoms with Gasteiger partial charge < -0.3 is 9.47 Å². The van der Waals surface area contributed by atoms with Crippen LogP contribution >= 0.6 is 11.3 Å². The molecule has 0 aliphatic rings. The Labute approximate surface area is 356 Å². The van der Waals surface area contributed by atoms with Crippen LogP contribution in [-0.4, -0.2) is 4.57 Å². The third-order valence-corrected chi connectivity index (χ3v) is 13.9. The van der Waals surface area contributed by atoms with Gasteiger partial charge in [-0.05, 0) is 109 Å². The molecule has 0 bridgehead atoms. The van der Waals surface area contributed by atoms with Crippen molar-refractivity contribution in [2.75, 3.05) is 4.90 Å². The van der Waals surface area contributed by atoms with E-state index in [1.165, 1.54) is 102 Å². The summed E-state index contributed by atoms with van der Waals surface area (Å²) >= 11 is 1.86. The van der Waals surface area contributed by atoms with Gasteiger partial charge in [-0.3, -0.25) is 0 Å². The molecule has 0 saturated carbocycles. The lowest BCUT2D eigenvalue weighted by atomic mass is 9.96. The summed E-state index contributed by atoms with van der Waals surface area (Å²) < 4.78 is 5.04. The van der Waals surface area contributed by atoms with Gasteiger partial charge in [0.05, 0.1) is 22.4 Å². The molecule has 13 aromatic rings. The zero-order valence-electron chi connectivity index (χ0n) is 33.1. The number of aromatic nitrogens is 1. The molecule has 0 fully saturated rings. The maximum atomic E-state index is 2.47. The third kappa shape index (κ3) is 5.21. The second-order valence-corrected chi connectivity index (χ2v) is 17.1. The summed E-state index contributed by atoms with van der Waals surface area (Å²) in [5.41, 5.74) is 9.34. The van der Waals surface area contributed by atoms with Crippen LogP contribution in [0.3, 0.4) is 0 Å². The molecule has 2 aromatic heterocycles. The largest absolute Gasteiger partial charge is 0.310 e. The van der Waals surface area contributed by atoms with E-state index >= 15 is 0 Å². The first-order valence-electron chi connectivity index (χ1n) is 20.9. The Balaban J connectivity index is 1.02. The predicted octanol–water partition coefficient (Wildman–Crippen LogP) is 16.9. The van der Waals surface area contributed by atoms with Crippen LogP contribution in [-0.2, 0) is 0 Å². The smallest absolute Gasteiger partial charge is 0.0554 e. The number of fused-ring (bicyclic) bond motifs is 13. The Bertz CT molecular complexity index is 3880. The Hall–Kier alpha value is -7.72. The summed E-state index contributed by atoms with van der Waals surface area (Å²) in [5.74, 6) is 0. The van der Waals surface area contributed by atoms with Crippen LogP contribution in [0.5, 0.6) is 0 Å². The van der Waals surface area contributed by atoms with Crippen LogP contribution < -0.4 is 4.90 Å². The molecule has 61 heavy (non-hydrogen) atoms. The SMILES string of the molecule is c1ccc(-n2c3ccccc3c3c4ccccc4ccc32)c(-c2ccc(N(c3ccc4ccc5ccc6ccccc6c5c4c3)c3cccc4sc5ccccc5c34)cc2)c1. The minimum atomic E-state index is 1.11. The minimum Gasteiger partial charge on any atom is -0.310 e. The fourth-order valence-corrected chi connectivity index (χ4v) is 11.2. The molecule has 0 spiro atoms. The van der Waals surface area contributed by atoms with Crippen LogP contribution in [0.25, 0.3) is 102 Å². The normalized spacial score (nSPS) is 11.9. The maximum Gasteiger partial charge on any atom is 0.0554 e. The Kier molecular flexibility index (Phi) is 7.51. The van der Waals surface area contributed by atoms with Crippen molar-refractivity contribution in [2.45, 2.75) is 0 Å². The molecule has 0 saturated heterocycles. The van der Waals surface area contributed by atoms with Crippen molar-refractivity contribution in [3.63, 3.8) is 0 Å². The number of rotatable bonds is 5. The van der Waals surface area contributed by atoms with E-state index in [0.717, 1.165) is 17.1 Å². The van der Waals surface area contributed by atoms with Crippen LogP contribution in [0.4, 0.5) is 17.1 Å². The second kappa shape index (κ2) is 13.4. The van der Waals surface area contributed by atoms with Crippen LogP contribution in [0, 0.1) is 0 Å². The average molecular weight is 793 g/mol. The number of nitrogens with zero attached hydrogens (tertiary/aromatic N) is 2. The quantitative estimate of drug-likeness (QED) is 0.158. The van der Waals surface area contributed by atoms with Gasteiger partial charge in [0.25, 0.3) is 0 Å². The summed E-state index contributed by atoms with van der Waals surface area (Å²) in [6.07, 6.45) is 0. The minimum absolute atomic E-state index is 1.11. The molecule has 0 amide bonds. The van der Waals surface area contributed by atoms with Crippen LogP contribution in [0.15, 0.2) is 218 Å². The molecule has 13 rings (SSSR count). The third-order valence-electron chi connectivity index (χ3n) is 12.7. The highest BCUT2D eigenvalue weighted by Crippen LogP contribution is 2.47. The first-order valence-corrected chi connectivity index (χ1v) is 21.7. The number of hydrogen-bond donors (Lipinski definition) is 0. The van der Waals surface area contributed by atoms with Gasteiger partial charge in [0.1, 0.15) is 0 Å². The standard InChI is InChI=1S/C58H36N2S/c1-3-15-45-37(12-1)24-26-41-27-25-40-30-34-43(36-49(40)56(41)45)59(52-21-11-23-55-58(52)48-18-7-10-22-54(48)61-55)42-32-28-39(29-33-42)44-14-5-8-19-50(44)60-51-20-9-6-17-47(51)57-46-16-4-2-13-38(46)31-35-53(57)60/h1-36H.